The van der Waals surface area contributed by atoms with Crippen LogP contribution in [0.15, 0.2) is 0 Å². The molecule has 0 aliphatic heterocycles. The molecule has 0 aromatic rings. The second-order valence-electron chi connectivity index (χ2n) is 4.85. The second-order valence-corrected chi connectivity index (χ2v) is 4.85. The van der Waals surface area contributed by atoms with Crippen molar-refractivity contribution in [3.8, 4) is 0 Å². The van der Waals surface area contributed by atoms with Gasteiger partial charge in [0.2, 0.25) is 5.91 Å². The van der Waals surface area contributed by atoms with E-state index < -0.39 is 23.7 Å². The van der Waals surface area contributed by atoms with Gasteiger partial charge in [0.1, 0.15) is 0 Å². The average Bonchev–Trinajstić information content (AvgIpc) is 2.11. The van der Waals surface area contributed by atoms with Gasteiger partial charge in [-0.1, -0.05) is 0 Å². The molecule has 0 aromatic heterocycles. The van der Waals surface area contributed by atoms with Crippen LogP contribution < -0.4 is 10.6 Å². The quantitative estimate of drug-likeness (QED) is 0.613. The number of likely N-dealkylation sites (N-methyl/N-ethyl adjacent to an activating group) is 1. The number of ether oxygens (including phenoxy) is 1. The Balaban J connectivity index is 4.52. The fourth-order valence-corrected chi connectivity index (χ4v) is 1.39. The summed E-state index contributed by atoms with van der Waals surface area (Å²) in [5, 5.41) is 14.1. The molecule has 0 saturated heterocycles. The van der Waals surface area contributed by atoms with Crippen molar-refractivity contribution in [2.75, 3.05) is 13.6 Å². The molecule has 0 aliphatic carbocycles. The first-order valence-electron chi connectivity index (χ1n) is 5.52. The van der Waals surface area contributed by atoms with Gasteiger partial charge in [-0.25, -0.2) is 4.79 Å². The lowest BCUT2D eigenvalue weighted by Crippen LogP contribution is -2.52. The summed E-state index contributed by atoms with van der Waals surface area (Å²) in [5.41, 5.74) is -0.457. The molecule has 0 aromatic carbocycles. The summed E-state index contributed by atoms with van der Waals surface area (Å²) in [5.74, 6) is -1.48. The molecule has 0 heterocycles. The van der Waals surface area contributed by atoms with E-state index >= 15 is 0 Å². The van der Waals surface area contributed by atoms with Crippen LogP contribution in [0.1, 0.15) is 27.7 Å². The summed E-state index contributed by atoms with van der Waals surface area (Å²) in [7, 11) is 1.62. The average molecular weight is 246 g/mol. The third-order valence-electron chi connectivity index (χ3n) is 1.93. The number of hydrogen-bond donors (Lipinski definition) is 3. The maximum Gasteiger partial charge on any atom is 0.328 e. The molecule has 2 atom stereocenters. The van der Waals surface area contributed by atoms with Gasteiger partial charge in [0.05, 0.1) is 18.2 Å². The Morgan fingerprint density at radius 2 is 1.88 bits per heavy atom. The predicted molar refractivity (Wildman–Crippen MR) is 63.8 cm³/mol. The van der Waals surface area contributed by atoms with Crippen LogP contribution in [-0.2, 0) is 14.3 Å². The van der Waals surface area contributed by atoms with Crippen molar-refractivity contribution in [3.63, 3.8) is 0 Å². The van der Waals surface area contributed by atoms with Crippen LogP contribution in [0.5, 0.6) is 0 Å². The van der Waals surface area contributed by atoms with E-state index in [1.807, 2.05) is 20.8 Å². The zero-order chi connectivity index (χ0) is 13.6. The molecule has 17 heavy (non-hydrogen) atoms. The molecule has 1 amide bonds. The van der Waals surface area contributed by atoms with Gasteiger partial charge in [0.25, 0.3) is 0 Å². The van der Waals surface area contributed by atoms with Gasteiger partial charge in [-0.3, -0.25) is 4.79 Å². The maximum absolute atomic E-state index is 11.3. The number of hydrogen-bond acceptors (Lipinski definition) is 4. The minimum absolute atomic E-state index is 0.0754. The summed E-state index contributed by atoms with van der Waals surface area (Å²) in [6.07, 6.45) is -0.603. The topological polar surface area (TPSA) is 87.7 Å². The molecule has 6 nitrogen and oxygen atoms in total. The van der Waals surface area contributed by atoms with Gasteiger partial charge in [-0.05, 0) is 34.7 Å². The highest BCUT2D eigenvalue weighted by atomic mass is 16.5. The molecule has 6 heteroatoms. The second kappa shape index (κ2) is 6.56. The fraction of sp³-hybridized carbons (Fsp3) is 0.818. The zero-order valence-corrected chi connectivity index (χ0v) is 11.0. The van der Waals surface area contributed by atoms with Crippen molar-refractivity contribution in [2.24, 2.45) is 0 Å². The molecule has 3 N–H and O–H groups in total. The first-order chi connectivity index (χ1) is 7.67. The van der Waals surface area contributed by atoms with E-state index in [-0.39, 0.29) is 12.5 Å². The normalized spacial score (nSPS) is 15.1. The van der Waals surface area contributed by atoms with Gasteiger partial charge in [0, 0.05) is 0 Å². The molecule has 0 spiro atoms. The zero-order valence-electron chi connectivity index (χ0n) is 11.0. The van der Waals surface area contributed by atoms with Crippen LogP contribution in [0.2, 0.25) is 0 Å². The smallest absolute Gasteiger partial charge is 0.328 e. The fourth-order valence-electron chi connectivity index (χ4n) is 1.39. The molecule has 0 aliphatic rings. The maximum atomic E-state index is 11.3. The number of carbonyl (C=O) groups is 2. The Morgan fingerprint density at radius 1 is 1.35 bits per heavy atom. The van der Waals surface area contributed by atoms with E-state index in [9.17, 15) is 9.59 Å². The SMILES string of the molecule is CNCC(=O)N[C@H](C(=O)O)[C@@H](C)OC(C)(C)C. The Hall–Kier alpha value is -1.14. The van der Waals surface area contributed by atoms with E-state index in [1.54, 1.807) is 14.0 Å². The first kappa shape index (κ1) is 15.9. The highest BCUT2D eigenvalue weighted by molar-refractivity contribution is 5.85. The highest BCUT2D eigenvalue weighted by Crippen LogP contribution is 2.13. The lowest BCUT2D eigenvalue weighted by molar-refractivity contribution is -0.150. The minimum Gasteiger partial charge on any atom is -0.480 e. The Labute approximate surface area is 102 Å². The predicted octanol–water partition coefficient (Wildman–Crippen LogP) is -0.0212. The van der Waals surface area contributed by atoms with Gasteiger partial charge < -0.3 is 20.5 Å². The third kappa shape index (κ3) is 6.91. The molecule has 0 unspecified atom stereocenters. The van der Waals surface area contributed by atoms with Gasteiger partial charge in [-0.2, -0.15) is 0 Å². The molecule has 100 valence electrons. The molecular formula is C11H22N2O4. The Morgan fingerprint density at radius 3 is 2.24 bits per heavy atom. The van der Waals surface area contributed by atoms with Crippen LogP contribution in [0.25, 0.3) is 0 Å². The number of rotatable bonds is 6. The molecule has 0 rings (SSSR count). The monoisotopic (exact) mass is 246 g/mol. The summed E-state index contributed by atoms with van der Waals surface area (Å²) >= 11 is 0. The summed E-state index contributed by atoms with van der Waals surface area (Å²) in [6, 6.07) is -1.05. The number of aliphatic carboxylic acids is 1. The summed E-state index contributed by atoms with van der Waals surface area (Å²) in [6.45, 7) is 7.20. The van der Waals surface area contributed by atoms with Crippen molar-refractivity contribution >= 4 is 11.9 Å². The lowest BCUT2D eigenvalue weighted by Gasteiger charge is -2.29. The van der Waals surface area contributed by atoms with E-state index in [1.165, 1.54) is 0 Å². The summed E-state index contributed by atoms with van der Waals surface area (Å²) < 4.78 is 5.52. The minimum atomic E-state index is -1.11. The molecule has 0 radical (unpaired) electrons. The molecule has 0 saturated carbocycles. The van der Waals surface area contributed by atoms with Crippen molar-refractivity contribution in [3.05, 3.63) is 0 Å². The van der Waals surface area contributed by atoms with Crippen LogP contribution in [0.4, 0.5) is 0 Å². The molecule has 0 fully saturated rings. The third-order valence-corrected chi connectivity index (χ3v) is 1.93. The lowest BCUT2D eigenvalue weighted by atomic mass is 10.1. The Bertz CT molecular complexity index is 273. The van der Waals surface area contributed by atoms with Crippen molar-refractivity contribution in [1.82, 2.24) is 10.6 Å². The van der Waals surface area contributed by atoms with Crippen molar-refractivity contribution in [2.45, 2.75) is 45.4 Å². The number of carbonyl (C=O) groups excluding carboxylic acids is 1. The number of carboxylic acids is 1. The Kier molecular flexibility index (Phi) is 6.12. The van der Waals surface area contributed by atoms with E-state index in [0.717, 1.165) is 0 Å². The van der Waals surface area contributed by atoms with Crippen LogP contribution >= 0.6 is 0 Å². The van der Waals surface area contributed by atoms with Gasteiger partial charge >= 0.3 is 5.97 Å². The molecular weight excluding hydrogens is 224 g/mol. The van der Waals surface area contributed by atoms with E-state index in [4.69, 9.17) is 9.84 Å². The molecule has 0 bridgehead atoms. The van der Waals surface area contributed by atoms with E-state index in [2.05, 4.69) is 10.6 Å². The number of amides is 1. The van der Waals surface area contributed by atoms with Crippen molar-refractivity contribution in [1.29, 1.82) is 0 Å². The van der Waals surface area contributed by atoms with Crippen molar-refractivity contribution < 1.29 is 19.4 Å². The van der Waals surface area contributed by atoms with Gasteiger partial charge in [0.15, 0.2) is 6.04 Å². The van der Waals surface area contributed by atoms with Crippen LogP contribution in [-0.4, -0.2) is 48.3 Å². The largest absolute Gasteiger partial charge is 0.480 e. The first-order valence-corrected chi connectivity index (χ1v) is 5.52. The van der Waals surface area contributed by atoms with Crippen LogP contribution in [0.3, 0.4) is 0 Å². The van der Waals surface area contributed by atoms with E-state index in [0.29, 0.717) is 0 Å². The standard InChI is InChI=1S/C11H22N2O4/c1-7(17-11(2,3)4)9(10(15)16)13-8(14)6-12-5/h7,9,12H,6H2,1-5H3,(H,13,14)(H,15,16)/t7-,9+/m1/s1. The van der Waals surface area contributed by atoms with Gasteiger partial charge in [-0.15, -0.1) is 0 Å². The number of nitrogens with one attached hydrogen (secondary N) is 2. The highest BCUT2D eigenvalue weighted by Gasteiger charge is 2.30. The number of carboxylic acid groups (broad SMARTS) is 1. The summed E-state index contributed by atoms with van der Waals surface area (Å²) in [4.78, 5) is 22.4. The van der Waals surface area contributed by atoms with Crippen LogP contribution in [0, 0.1) is 0 Å².